The Bertz CT molecular complexity index is 848. The van der Waals surface area contributed by atoms with Gasteiger partial charge in [-0.3, -0.25) is 9.59 Å². The largest absolute Gasteiger partial charge is 0.495 e. The van der Waals surface area contributed by atoms with Crippen LogP contribution in [0.4, 0.5) is 5.69 Å². The van der Waals surface area contributed by atoms with Crippen LogP contribution < -0.4 is 10.1 Å². The summed E-state index contributed by atoms with van der Waals surface area (Å²) in [5.74, 6) is -0.480. The number of carbonyl (C=O) groups excluding carboxylic acids is 2. The first-order chi connectivity index (χ1) is 13.3. The van der Waals surface area contributed by atoms with Crippen LogP contribution in [0.1, 0.15) is 32.6 Å². The molecule has 0 aromatic heterocycles. The number of nitrogens with zero attached hydrogens (tertiary/aromatic N) is 1. The summed E-state index contributed by atoms with van der Waals surface area (Å²) in [6, 6.07) is 4.44. The van der Waals surface area contributed by atoms with E-state index in [-0.39, 0.29) is 22.5 Å². The molecule has 1 aliphatic heterocycles. The summed E-state index contributed by atoms with van der Waals surface area (Å²) >= 11 is 0. The predicted octanol–water partition coefficient (Wildman–Crippen LogP) is 2.01. The number of benzene rings is 1. The van der Waals surface area contributed by atoms with Crippen LogP contribution in [0.2, 0.25) is 0 Å². The first-order valence-electron chi connectivity index (χ1n) is 9.47. The zero-order chi connectivity index (χ0) is 20.3. The molecule has 2 unspecified atom stereocenters. The van der Waals surface area contributed by atoms with Gasteiger partial charge < -0.3 is 14.8 Å². The van der Waals surface area contributed by atoms with E-state index in [0.717, 1.165) is 25.7 Å². The molecule has 1 aromatic rings. The fourth-order valence-electron chi connectivity index (χ4n) is 3.29. The van der Waals surface area contributed by atoms with Crippen molar-refractivity contribution in [2.24, 2.45) is 11.8 Å². The molecule has 1 amide bonds. The number of sulfonamides is 1. The Hall–Kier alpha value is -2.13. The van der Waals surface area contributed by atoms with Gasteiger partial charge in [0.1, 0.15) is 10.6 Å². The average molecular weight is 410 g/mol. The molecule has 2 fully saturated rings. The molecule has 9 heteroatoms. The van der Waals surface area contributed by atoms with Gasteiger partial charge in [0.15, 0.2) is 6.61 Å². The number of hydrogen-bond donors (Lipinski definition) is 1. The van der Waals surface area contributed by atoms with Gasteiger partial charge in [0.2, 0.25) is 10.0 Å². The molecule has 0 spiro atoms. The molecule has 1 saturated carbocycles. The quantitative estimate of drug-likeness (QED) is 0.690. The van der Waals surface area contributed by atoms with Crippen LogP contribution in [-0.2, 0) is 24.3 Å². The SMILES string of the molecule is COc1ccc(NC(=O)COC(=O)C2CC2C)cc1S(=O)(=O)N1CCCCC1. The Labute approximate surface area is 165 Å². The van der Waals surface area contributed by atoms with Crippen LogP contribution in [-0.4, -0.2) is 51.4 Å². The van der Waals surface area contributed by atoms with Gasteiger partial charge in [-0.05, 0) is 43.4 Å². The second kappa shape index (κ2) is 8.48. The van der Waals surface area contributed by atoms with Gasteiger partial charge >= 0.3 is 5.97 Å². The summed E-state index contributed by atoms with van der Waals surface area (Å²) in [5, 5.41) is 2.58. The van der Waals surface area contributed by atoms with E-state index in [1.54, 1.807) is 6.07 Å². The zero-order valence-electron chi connectivity index (χ0n) is 16.1. The highest BCUT2D eigenvalue weighted by Crippen LogP contribution is 2.38. The minimum atomic E-state index is -3.73. The lowest BCUT2D eigenvalue weighted by Gasteiger charge is -2.26. The van der Waals surface area contributed by atoms with Crippen LogP contribution in [0.3, 0.4) is 0 Å². The zero-order valence-corrected chi connectivity index (χ0v) is 17.0. The number of ether oxygens (including phenoxy) is 2. The van der Waals surface area contributed by atoms with Crippen molar-refractivity contribution >= 4 is 27.6 Å². The predicted molar refractivity (Wildman–Crippen MR) is 102 cm³/mol. The van der Waals surface area contributed by atoms with Crippen molar-refractivity contribution in [1.82, 2.24) is 4.31 Å². The van der Waals surface area contributed by atoms with E-state index >= 15 is 0 Å². The van der Waals surface area contributed by atoms with Gasteiger partial charge in [-0.15, -0.1) is 0 Å². The molecule has 154 valence electrons. The van der Waals surface area contributed by atoms with Crippen LogP contribution in [0.15, 0.2) is 23.1 Å². The third kappa shape index (κ3) is 4.64. The summed E-state index contributed by atoms with van der Waals surface area (Å²) in [5.41, 5.74) is 0.303. The fourth-order valence-corrected chi connectivity index (χ4v) is 4.99. The minimum absolute atomic E-state index is 0.0125. The van der Waals surface area contributed by atoms with E-state index in [9.17, 15) is 18.0 Å². The molecule has 8 nitrogen and oxygen atoms in total. The Morgan fingerprint density at radius 3 is 2.50 bits per heavy atom. The summed E-state index contributed by atoms with van der Waals surface area (Å²) < 4.78 is 37.7. The molecule has 28 heavy (non-hydrogen) atoms. The lowest BCUT2D eigenvalue weighted by molar-refractivity contribution is -0.148. The summed E-state index contributed by atoms with van der Waals surface area (Å²) in [6.07, 6.45) is 3.44. The lowest BCUT2D eigenvalue weighted by atomic mass is 10.2. The highest BCUT2D eigenvalue weighted by molar-refractivity contribution is 7.89. The van der Waals surface area contributed by atoms with E-state index in [4.69, 9.17) is 9.47 Å². The molecule has 1 aromatic carbocycles. The highest BCUT2D eigenvalue weighted by Gasteiger charge is 2.40. The van der Waals surface area contributed by atoms with Gasteiger partial charge in [0, 0.05) is 18.8 Å². The monoisotopic (exact) mass is 410 g/mol. The van der Waals surface area contributed by atoms with Crippen molar-refractivity contribution in [3.63, 3.8) is 0 Å². The smallest absolute Gasteiger partial charge is 0.309 e. The second-order valence-corrected chi connectivity index (χ2v) is 9.21. The van der Waals surface area contributed by atoms with Crippen molar-refractivity contribution < 1.29 is 27.5 Å². The van der Waals surface area contributed by atoms with Crippen LogP contribution in [0, 0.1) is 11.8 Å². The molecule has 2 aliphatic rings. The van der Waals surface area contributed by atoms with E-state index in [1.165, 1.54) is 23.5 Å². The van der Waals surface area contributed by atoms with E-state index in [0.29, 0.717) is 24.7 Å². The van der Waals surface area contributed by atoms with E-state index < -0.39 is 22.5 Å². The first-order valence-corrected chi connectivity index (χ1v) is 10.9. The number of hydrogen-bond acceptors (Lipinski definition) is 6. The summed E-state index contributed by atoms with van der Waals surface area (Å²) in [6.45, 7) is 2.49. The van der Waals surface area contributed by atoms with E-state index in [1.807, 2.05) is 6.92 Å². The highest BCUT2D eigenvalue weighted by atomic mass is 32.2. The number of esters is 1. The van der Waals surface area contributed by atoms with Gasteiger partial charge in [0.05, 0.1) is 13.0 Å². The van der Waals surface area contributed by atoms with Crippen LogP contribution >= 0.6 is 0 Å². The molecule has 2 atom stereocenters. The molecule has 1 saturated heterocycles. The van der Waals surface area contributed by atoms with Crippen molar-refractivity contribution in [2.45, 2.75) is 37.5 Å². The number of methoxy groups -OCH3 is 1. The van der Waals surface area contributed by atoms with Crippen molar-refractivity contribution in [3.8, 4) is 5.75 Å². The third-order valence-electron chi connectivity index (χ3n) is 5.14. The van der Waals surface area contributed by atoms with Crippen molar-refractivity contribution in [1.29, 1.82) is 0 Å². The minimum Gasteiger partial charge on any atom is -0.495 e. The Kier molecular flexibility index (Phi) is 6.24. The fraction of sp³-hybridized carbons (Fsp3) is 0.579. The lowest BCUT2D eigenvalue weighted by Crippen LogP contribution is -2.35. The Morgan fingerprint density at radius 2 is 1.89 bits per heavy atom. The molecule has 0 bridgehead atoms. The molecule has 3 rings (SSSR count). The summed E-state index contributed by atoms with van der Waals surface area (Å²) in [4.78, 5) is 23.8. The Balaban J connectivity index is 1.69. The van der Waals surface area contributed by atoms with Gasteiger partial charge in [-0.1, -0.05) is 13.3 Å². The van der Waals surface area contributed by atoms with Gasteiger partial charge in [-0.2, -0.15) is 4.31 Å². The third-order valence-corrected chi connectivity index (χ3v) is 7.06. The Morgan fingerprint density at radius 1 is 1.21 bits per heavy atom. The molecule has 1 N–H and O–H groups in total. The number of amides is 1. The number of piperidine rings is 1. The van der Waals surface area contributed by atoms with Crippen molar-refractivity contribution in [2.75, 3.05) is 32.1 Å². The normalized spacial score (nSPS) is 22.4. The standard InChI is InChI=1S/C19H26N2O6S/c1-13-10-15(13)19(23)27-12-18(22)20-14-6-7-16(26-2)17(11-14)28(24,25)21-8-4-3-5-9-21/h6-7,11,13,15H,3-5,8-10,12H2,1-2H3,(H,20,22). The van der Waals surface area contributed by atoms with Crippen LogP contribution in [0.25, 0.3) is 0 Å². The first kappa shape index (κ1) is 20.6. The number of rotatable bonds is 7. The molecular weight excluding hydrogens is 384 g/mol. The maximum Gasteiger partial charge on any atom is 0.309 e. The summed E-state index contributed by atoms with van der Waals surface area (Å²) in [7, 11) is -2.32. The topological polar surface area (TPSA) is 102 Å². The van der Waals surface area contributed by atoms with Gasteiger partial charge in [0.25, 0.3) is 5.91 Å². The maximum atomic E-state index is 13.0. The maximum absolute atomic E-state index is 13.0. The number of carbonyl (C=O) groups is 2. The van der Waals surface area contributed by atoms with Gasteiger partial charge in [-0.25, -0.2) is 8.42 Å². The second-order valence-electron chi connectivity index (χ2n) is 7.31. The molecule has 1 aliphatic carbocycles. The number of anilines is 1. The molecule has 0 radical (unpaired) electrons. The average Bonchev–Trinajstić information content (AvgIpc) is 3.43. The number of nitrogens with one attached hydrogen (secondary N) is 1. The van der Waals surface area contributed by atoms with Crippen molar-refractivity contribution in [3.05, 3.63) is 18.2 Å². The van der Waals surface area contributed by atoms with E-state index in [2.05, 4.69) is 5.32 Å². The molecular formula is C19H26N2O6S. The molecule has 1 heterocycles. The van der Waals surface area contributed by atoms with Crippen LogP contribution in [0.5, 0.6) is 5.75 Å².